The van der Waals surface area contributed by atoms with Crippen LogP contribution in [0.3, 0.4) is 0 Å². The molecule has 5 atom stereocenters. The molecule has 0 radical (unpaired) electrons. The van der Waals surface area contributed by atoms with E-state index in [4.69, 9.17) is 11.6 Å². The van der Waals surface area contributed by atoms with Crippen LogP contribution in [-0.2, 0) is 0 Å². The van der Waals surface area contributed by atoms with Crippen molar-refractivity contribution >= 4 is 11.6 Å². The van der Waals surface area contributed by atoms with Crippen LogP contribution in [0.1, 0.15) is 36.5 Å². The van der Waals surface area contributed by atoms with Crippen molar-refractivity contribution in [2.75, 3.05) is 0 Å². The van der Waals surface area contributed by atoms with Crippen molar-refractivity contribution in [3.8, 4) is 0 Å². The van der Waals surface area contributed by atoms with Crippen LogP contribution < -0.4 is 0 Å². The molecule has 1 aromatic rings. The van der Waals surface area contributed by atoms with Gasteiger partial charge in [-0.2, -0.15) is 0 Å². The first-order valence-electron chi connectivity index (χ1n) is 7.11. The molecule has 18 heavy (non-hydrogen) atoms. The van der Waals surface area contributed by atoms with E-state index in [1.807, 2.05) is 25.1 Å². The van der Waals surface area contributed by atoms with Crippen LogP contribution in [-0.4, -0.2) is 5.11 Å². The third-order valence-corrected chi connectivity index (χ3v) is 6.10. The van der Waals surface area contributed by atoms with Crippen LogP contribution in [0.4, 0.5) is 0 Å². The summed E-state index contributed by atoms with van der Waals surface area (Å²) in [5.41, 5.74) is 2.10. The highest BCUT2D eigenvalue weighted by Gasteiger charge is 2.66. The van der Waals surface area contributed by atoms with Crippen molar-refractivity contribution in [2.45, 2.75) is 32.3 Å². The Bertz CT molecular complexity index is 482. The molecule has 4 rings (SSSR count). The Hall–Kier alpha value is -0.530. The lowest BCUT2D eigenvalue weighted by molar-refractivity contribution is 0.130. The van der Waals surface area contributed by atoms with Crippen LogP contribution in [0.5, 0.6) is 0 Å². The summed E-state index contributed by atoms with van der Waals surface area (Å²) in [4.78, 5) is 0. The molecule has 96 valence electrons. The van der Waals surface area contributed by atoms with Gasteiger partial charge in [-0.15, -0.1) is 0 Å². The maximum absolute atomic E-state index is 10.6. The van der Waals surface area contributed by atoms with E-state index in [9.17, 15) is 5.11 Å². The van der Waals surface area contributed by atoms with Gasteiger partial charge in [-0.25, -0.2) is 0 Å². The highest BCUT2D eigenvalue weighted by Crippen LogP contribution is 2.72. The fraction of sp³-hybridized carbons (Fsp3) is 0.625. The van der Waals surface area contributed by atoms with Gasteiger partial charge in [-0.1, -0.05) is 23.7 Å². The van der Waals surface area contributed by atoms with Gasteiger partial charge in [0.2, 0.25) is 0 Å². The van der Waals surface area contributed by atoms with Gasteiger partial charge >= 0.3 is 0 Å². The quantitative estimate of drug-likeness (QED) is 0.855. The van der Waals surface area contributed by atoms with Crippen LogP contribution in [0.25, 0.3) is 0 Å². The normalized spacial score (nSPS) is 41.8. The number of halogens is 1. The zero-order chi connectivity index (χ0) is 12.4. The molecule has 3 fully saturated rings. The van der Waals surface area contributed by atoms with Gasteiger partial charge in [-0.3, -0.25) is 0 Å². The zero-order valence-corrected chi connectivity index (χ0v) is 11.4. The summed E-state index contributed by atoms with van der Waals surface area (Å²) < 4.78 is 0. The van der Waals surface area contributed by atoms with Crippen LogP contribution in [0.15, 0.2) is 18.2 Å². The first-order valence-corrected chi connectivity index (χ1v) is 7.48. The monoisotopic (exact) mass is 262 g/mol. The van der Waals surface area contributed by atoms with Gasteiger partial charge in [0.15, 0.2) is 0 Å². The molecule has 5 unspecified atom stereocenters. The number of hydrogen-bond acceptors (Lipinski definition) is 1. The van der Waals surface area contributed by atoms with E-state index >= 15 is 0 Å². The van der Waals surface area contributed by atoms with E-state index in [1.165, 1.54) is 19.3 Å². The number of aliphatic hydroxyl groups excluding tert-OH is 1. The molecule has 0 saturated heterocycles. The first-order chi connectivity index (χ1) is 8.66. The summed E-state index contributed by atoms with van der Waals surface area (Å²) >= 11 is 6.16. The Morgan fingerprint density at radius 2 is 1.89 bits per heavy atom. The van der Waals surface area contributed by atoms with E-state index in [0.717, 1.165) is 39.8 Å². The van der Waals surface area contributed by atoms with Crippen molar-refractivity contribution in [1.82, 2.24) is 0 Å². The molecule has 2 bridgehead atoms. The third kappa shape index (κ3) is 1.44. The predicted molar refractivity (Wildman–Crippen MR) is 72.4 cm³/mol. The molecule has 0 aliphatic heterocycles. The molecule has 0 aromatic heterocycles. The molecule has 3 aliphatic carbocycles. The smallest absolute Gasteiger partial charge is 0.0824 e. The topological polar surface area (TPSA) is 20.2 Å². The van der Waals surface area contributed by atoms with Crippen molar-refractivity contribution < 1.29 is 5.11 Å². The molecule has 3 aliphatic rings. The highest BCUT2D eigenvalue weighted by atomic mass is 35.5. The van der Waals surface area contributed by atoms with Gasteiger partial charge in [0.05, 0.1) is 6.10 Å². The molecule has 1 aromatic carbocycles. The van der Waals surface area contributed by atoms with Crippen LogP contribution in [0, 0.1) is 36.5 Å². The lowest BCUT2D eigenvalue weighted by Crippen LogP contribution is -2.08. The Balaban J connectivity index is 1.58. The van der Waals surface area contributed by atoms with Gasteiger partial charge in [0, 0.05) is 5.02 Å². The average Bonchev–Trinajstić information content (AvgIpc) is 2.80. The second kappa shape index (κ2) is 3.74. The van der Waals surface area contributed by atoms with E-state index in [1.54, 1.807) is 0 Å². The minimum absolute atomic E-state index is 0.290. The van der Waals surface area contributed by atoms with Crippen molar-refractivity contribution in [1.29, 1.82) is 0 Å². The van der Waals surface area contributed by atoms with Gasteiger partial charge in [0.1, 0.15) is 0 Å². The molecule has 1 nitrogen and oxygen atoms in total. The minimum atomic E-state index is -0.290. The molecule has 2 heteroatoms. The summed E-state index contributed by atoms with van der Waals surface area (Å²) in [6.07, 6.45) is 3.96. The fourth-order valence-corrected chi connectivity index (χ4v) is 5.02. The predicted octanol–water partition coefficient (Wildman–Crippen LogP) is 3.97. The Kier molecular flexibility index (Phi) is 2.35. The molecule has 0 spiro atoms. The van der Waals surface area contributed by atoms with Gasteiger partial charge < -0.3 is 5.11 Å². The maximum atomic E-state index is 10.6. The SMILES string of the molecule is Cc1ccc(C(O)C2C3C4CCC(C4)C32)cc1Cl. The summed E-state index contributed by atoms with van der Waals surface area (Å²) in [5.74, 6) is 3.99. The largest absolute Gasteiger partial charge is 0.388 e. The number of benzene rings is 1. The highest BCUT2D eigenvalue weighted by molar-refractivity contribution is 6.31. The Morgan fingerprint density at radius 1 is 1.22 bits per heavy atom. The number of fused-ring (bicyclic) bond motifs is 5. The van der Waals surface area contributed by atoms with E-state index < -0.39 is 0 Å². The number of rotatable bonds is 2. The lowest BCUT2D eigenvalue weighted by atomic mass is 9.94. The Morgan fingerprint density at radius 3 is 2.50 bits per heavy atom. The van der Waals surface area contributed by atoms with E-state index in [2.05, 4.69) is 0 Å². The molecule has 3 saturated carbocycles. The summed E-state index contributed by atoms with van der Waals surface area (Å²) in [7, 11) is 0. The molecule has 1 N–H and O–H groups in total. The minimum Gasteiger partial charge on any atom is -0.388 e. The van der Waals surface area contributed by atoms with Crippen LogP contribution >= 0.6 is 11.6 Å². The second-order valence-corrected chi connectivity index (χ2v) is 6.93. The maximum Gasteiger partial charge on any atom is 0.0824 e. The lowest BCUT2D eigenvalue weighted by Gasteiger charge is -2.16. The molecular formula is C16H19ClO. The summed E-state index contributed by atoms with van der Waals surface area (Å²) in [6, 6.07) is 6.02. The standard InChI is InChI=1S/C16H19ClO/c1-8-2-3-11(7-12(8)17)16(18)15-13-9-4-5-10(6-9)14(13)15/h2-3,7,9-10,13-16,18H,4-6H2,1H3. The van der Waals surface area contributed by atoms with Crippen molar-refractivity contribution in [3.05, 3.63) is 34.3 Å². The summed E-state index contributed by atoms with van der Waals surface area (Å²) in [6.45, 7) is 2.00. The third-order valence-electron chi connectivity index (χ3n) is 5.70. The molecule has 0 amide bonds. The van der Waals surface area contributed by atoms with Crippen LogP contribution in [0.2, 0.25) is 5.02 Å². The second-order valence-electron chi connectivity index (χ2n) is 6.52. The number of hydrogen-bond donors (Lipinski definition) is 1. The van der Waals surface area contributed by atoms with E-state index in [-0.39, 0.29) is 6.10 Å². The van der Waals surface area contributed by atoms with Crippen molar-refractivity contribution in [2.24, 2.45) is 29.6 Å². The van der Waals surface area contributed by atoms with Gasteiger partial charge in [-0.05, 0) is 73.0 Å². The average molecular weight is 263 g/mol. The number of aryl methyl sites for hydroxylation is 1. The van der Waals surface area contributed by atoms with E-state index in [0.29, 0.717) is 5.92 Å². The first kappa shape index (κ1) is 11.3. The molecule has 0 heterocycles. The summed E-state index contributed by atoms with van der Waals surface area (Å²) in [5, 5.41) is 11.4. The van der Waals surface area contributed by atoms with Gasteiger partial charge in [0.25, 0.3) is 0 Å². The fourth-order valence-electron chi connectivity index (χ4n) is 4.83. The zero-order valence-electron chi connectivity index (χ0n) is 10.6. The van der Waals surface area contributed by atoms with Crippen molar-refractivity contribution in [3.63, 3.8) is 0 Å². The molecular weight excluding hydrogens is 244 g/mol. The Labute approximate surface area is 113 Å². The number of aliphatic hydroxyl groups is 1.